The van der Waals surface area contributed by atoms with Gasteiger partial charge in [0.05, 0.1) is 5.56 Å². The molecule has 0 fully saturated rings. The molecule has 1 unspecified atom stereocenters. The van der Waals surface area contributed by atoms with E-state index in [1.54, 1.807) is 24.3 Å². The summed E-state index contributed by atoms with van der Waals surface area (Å²) in [5.41, 5.74) is 1.47. The molecule has 2 rings (SSSR count). The standard InChI is InChI=1S/C15H11Cl2FN2/c1-9(13-5-3-11(16)6-14(13)17)20-12-4-2-10(8-19)15(18)7-12/h2-7,9,20H,1H3. The number of benzene rings is 2. The minimum atomic E-state index is -0.549. The van der Waals surface area contributed by atoms with Crippen LogP contribution in [0.3, 0.4) is 0 Å². The molecule has 2 nitrogen and oxygen atoms in total. The number of hydrogen-bond donors (Lipinski definition) is 1. The van der Waals surface area contributed by atoms with E-state index in [9.17, 15) is 4.39 Å². The molecule has 20 heavy (non-hydrogen) atoms. The number of nitrogens with zero attached hydrogens (tertiary/aromatic N) is 1. The topological polar surface area (TPSA) is 35.8 Å². The Morgan fingerprint density at radius 1 is 1.20 bits per heavy atom. The minimum Gasteiger partial charge on any atom is -0.378 e. The van der Waals surface area contributed by atoms with Gasteiger partial charge in [-0.05, 0) is 42.8 Å². The number of hydrogen-bond acceptors (Lipinski definition) is 2. The zero-order valence-electron chi connectivity index (χ0n) is 10.6. The van der Waals surface area contributed by atoms with E-state index in [0.29, 0.717) is 15.7 Å². The monoisotopic (exact) mass is 308 g/mol. The van der Waals surface area contributed by atoms with Crippen LogP contribution in [0.2, 0.25) is 10.0 Å². The van der Waals surface area contributed by atoms with Gasteiger partial charge in [-0.15, -0.1) is 0 Å². The second kappa shape index (κ2) is 6.13. The molecule has 102 valence electrons. The van der Waals surface area contributed by atoms with Crippen molar-refractivity contribution in [2.75, 3.05) is 5.32 Å². The van der Waals surface area contributed by atoms with Gasteiger partial charge in [-0.3, -0.25) is 0 Å². The number of nitrogens with one attached hydrogen (secondary N) is 1. The maximum atomic E-state index is 13.5. The van der Waals surface area contributed by atoms with Crippen LogP contribution in [0.1, 0.15) is 24.1 Å². The SMILES string of the molecule is CC(Nc1ccc(C#N)c(F)c1)c1ccc(Cl)cc1Cl. The van der Waals surface area contributed by atoms with Crippen LogP contribution in [-0.2, 0) is 0 Å². The van der Waals surface area contributed by atoms with Crippen LogP contribution in [0.4, 0.5) is 10.1 Å². The van der Waals surface area contributed by atoms with Crippen LogP contribution in [0.15, 0.2) is 36.4 Å². The number of anilines is 1. The van der Waals surface area contributed by atoms with Gasteiger partial charge in [0.25, 0.3) is 0 Å². The first-order valence-electron chi connectivity index (χ1n) is 5.92. The van der Waals surface area contributed by atoms with Gasteiger partial charge in [-0.25, -0.2) is 4.39 Å². The van der Waals surface area contributed by atoms with Gasteiger partial charge in [0, 0.05) is 21.8 Å². The third-order valence-corrected chi connectivity index (χ3v) is 3.46. The first-order valence-corrected chi connectivity index (χ1v) is 6.68. The summed E-state index contributed by atoms with van der Waals surface area (Å²) in [5.74, 6) is -0.549. The summed E-state index contributed by atoms with van der Waals surface area (Å²) in [6.07, 6.45) is 0. The van der Waals surface area contributed by atoms with Crippen LogP contribution in [-0.4, -0.2) is 0 Å². The number of nitriles is 1. The summed E-state index contributed by atoms with van der Waals surface area (Å²) in [7, 11) is 0. The molecule has 0 heterocycles. The summed E-state index contributed by atoms with van der Waals surface area (Å²) < 4.78 is 13.5. The average molecular weight is 309 g/mol. The molecule has 0 radical (unpaired) electrons. The van der Waals surface area contributed by atoms with Crippen molar-refractivity contribution in [2.24, 2.45) is 0 Å². The van der Waals surface area contributed by atoms with Gasteiger partial charge in [-0.2, -0.15) is 5.26 Å². The highest BCUT2D eigenvalue weighted by Crippen LogP contribution is 2.28. The molecule has 0 saturated carbocycles. The van der Waals surface area contributed by atoms with Crippen LogP contribution in [0.5, 0.6) is 0 Å². The molecule has 2 aromatic carbocycles. The van der Waals surface area contributed by atoms with E-state index < -0.39 is 5.82 Å². The molecule has 1 atom stereocenters. The highest BCUT2D eigenvalue weighted by Gasteiger charge is 2.11. The van der Waals surface area contributed by atoms with Crippen molar-refractivity contribution in [1.29, 1.82) is 5.26 Å². The van der Waals surface area contributed by atoms with Crippen LogP contribution >= 0.6 is 23.2 Å². The van der Waals surface area contributed by atoms with E-state index in [-0.39, 0.29) is 11.6 Å². The van der Waals surface area contributed by atoms with E-state index in [4.69, 9.17) is 28.5 Å². The largest absolute Gasteiger partial charge is 0.378 e. The fourth-order valence-electron chi connectivity index (χ4n) is 1.88. The van der Waals surface area contributed by atoms with Crippen molar-refractivity contribution >= 4 is 28.9 Å². The normalized spacial score (nSPS) is 11.8. The summed E-state index contributed by atoms with van der Waals surface area (Å²) >= 11 is 12.0. The Morgan fingerprint density at radius 3 is 2.55 bits per heavy atom. The van der Waals surface area contributed by atoms with Gasteiger partial charge < -0.3 is 5.32 Å². The molecule has 0 aliphatic carbocycles. The summed E-state index contributed by atoms with van der Waals surface area (Å²) in [4.78, 5) is 0. The highest BCUT2D eigenvalue weighted by molar-refractivity contribution is 6.35. The van der Waals surface area contributed by atoms with Gasteiger partial charge in [0.2, 0.25) is 0 Å². The zero-order chi connectivity index (χ0) is 14.7. The van der Waals surface area contributed by atoms with Gasteiger partial charge in [-0.1, -0.05) is 29.3 Å². The molecular formula is C15H11Cl2FN2. The Labute approximate surface area is 126 Å². The smallest absolute Gasteiger partial charge is 0.143 e. The molecule has 0 amide bonds. The maximum Gasteiger partial charge on any atom is 0.143 e. The molecular weight excluding hydrogens is 298 g/mol. The van der Waals surface area contributed by atoms with Gasteiger partial charge in [0.1, 0.15) is 11.9 Å². The first-order chi connectivity index (χ1) is 9.51. The molecule has 0 aliphatic rings. The number of halogens is 3. The van der Waals surface area contributed by atoms with Crippen molar-refractivity contribution in [2.45, 2.75) is 13.0 Å². The van der Waals surface area contributed by atoms with Crippen molar-refractivity contribution in [1.82, 2.24) is 0 Å². The maximum absolute atomic E-state index is 13.5. The van der Waals surface area contributed by atoms with Crippen LogP contribution < -0.4 is 5.32 Å². The molecule has 0 saturated heterocycles. The van der Waals surface area contributed by atoms with E-state index in [1.807, 2.05) is 13.0 Å². The predicted molar refractivity (Wildman–Crippen MR) is 79.6 cm³/mol. The van der Waals surface area contributed by atoms with E-state index in [1.165, 1.54) is 12.1 Å². The lowest BCUT2D eigenvalue weighted by atomic mass is 10.1. The summed E-state index contributed by atoms with van der Waals surface area (Å²) in [5, 5.41) is 12.9. The lowest BCUT2D eigenvalue weighted by molar-refractivity contribution is 0.624. The van der Waals surface area contributed by atoms with Gasteiger partial charge >= 0.3 is 0 Å². The first kappa shape index (κ1) is 14.6. The average Bonchev–Trinajstić information content (AvgIpc) is 2.38. The lowest BCUT2D eigenvalue weighted by Crippen LogP contribution is -2.07. The second-order valence-corrected chi connectivity index (χ2v) is 5.18. The molecule has 0 bridgehead atoms. The Bertz CT molecular complexity index is 680. The van der Waals surface area contributed by atoms with Crippen molar-refractivity contribution in [3.8, 4) is 6.07 Å². The third kappa shape index (κ3) is 3.22. The molecule has 2 aromatic rings. The second-order valence-electron chi connectivity index (χ2n) is 4.34. The van der Waals surface area contributed by atoms with Crippen molar-refractivity contribution in [3.05, 3.63) is 63.4 Å². The highest BCUT2D eigenvalue weighted by atomic mass is 35.5. The zero-order valence-corrected chi connectivity index (χ0v) is 12.1. The fourth-order valence-corrected chi connectivity index (χ4v) is 2.45. The number of rotatable bonds is 3. The predicted octanol–water partition coefficient (Wildman–Crippen LogP) is 5.18. The molecule has 5 heteroatoms. The minimum absolute atomic E-state index is 0.0210. The Balaban J connectivity index is 2.21. The van der Waals surface area contributed by atoms with Crippen LogP contribution in [0, 0.1) is 17.1 Å². The molecule has 1 N–H and O–H groups in total. The third-order valence-electron chi connectivity index (χ3n) is 2.90. The van der Waals surface area contributed by atoms with E-state index in [2.05, 4.69) is 5.32 Å². The van der Waals surface area contributed by atoms with Crippen LogP contribution in [0.25, 0.3) is 0 Å². The molecule has 0 spiro atoms. The lowest BCUT2D eigenvalue weighted by Gasteiger charge is -2.17. The molecule has 0 aliphatic heterocycles. The fraction of sp³-hybridized carbons (Fsp3) is 0.133. The quantitative estimate of drug-likeness (QED) is 0.848. The Morgan fingerprint density at radius 2 is 1.95 bits per heavy atom. The van der Waals surface area contributed by atoms with Gasteiger partial charge in [0.15, 0.2) is 0 Å². The summed E-state index contributed by atoms with van der Waals surface area (Å²) in [6, 6.07) is 11.3. The van der Waals surface area contributed by atoms with Crippen molar-refractivity contribution < 1.29 is 4.39 Å². The summed E-state index contributed by atoms with van der Waals surface area (Å²) in [6.45, 7) is 1.91. The Hall–Kier alpha value is -1.76. The van der Waals surface area contributed by atoms with Crippen molar-refractivity contribution in [3.63, 3.8) is 0 Å². The van der Waals surface area contributed by atoms with E-state index in [0.717, 1.165) is 5.56 Å². The van der Waals surface area contributed by atoms with E-state index >= 15 is 0 Å². The molecule has 0 aromatic heterocycles. The Kier molecular flexibility index (Phi) is 4.49.